The van der Waals surface area contributed by atoms with Gasteiger partial charge in [-0.2, -0.15) is 18.3 Å². The molecule has 20 heavy (non-hydrogen) atoms. The summed E-state index contributed by atoms with van der Waals surface area (Å²) >= 11 is 0.715. The van der Waals surface area contributed by atoms with E-state index >= 15 is 0 Å². The van der Waals surface area contributed by atoms with E-state index in [1.807, 2.05) is 11.0 Å². The van der Waals surface area contributed by atoms with Crippen molar-refractivity contribution in [2.24, 2.45) is 0 Å². The van der Waals surface area contributed by atoms with Crippen LogP contribution in [0.1, 0.15) is 29.3 Å². The van der Waals surface area contributed by atoms with E-state index in [-0.39, 0.29) is 0 Å². The molecule has 3 heterocycles. The monoisotopic (exact) mass is 302 g/mol. The fourth-order valence-electron chi connectivity index (χ4n) is 2.42. The van der Waals surface area contributed by atoms with Crippen LogP contribution >= 0.6 is 11.3 Å². The lowest BCUT2D eigenvalue weighted by Crippen LogP contribution is -2.32. The third-order valence-corrected chi connectivity index (χ3v) is 4.60. The minimum Gasteiger partial charge on any atom is -0.348 e. The van der Waals surface area contributed by atoms with Crippen LogP contribution in [0, 0.1) is 0 Å². The van der Waals surface area contributed by atoms with Gasteiger partial charge in [0.1, 0.15) is 4.88 Å². The molecule has 2 aromatic rings. The van der Waals surface area contributed by atoms with Gasteiger partial charge in [0.2, 0.25) is 0 Å². The Bertz CT molecular complexity index is 556. The summed E-state index contributed by atoms with van der Waals surface area (Å²) in [5.41, 5.74) is 1.10. The van der Waals surface area contributed by atoms with Crippen molar-refractivity contribution >= 4 is 16.5 Å². The minimum absolute atomic E-state index is 0.399. The van der Waals surface area contributed by atoms with Crippen LogP contribution in [0.5, 0.6) is 0 Å². The van der Waals surface area contributed by atoms with Gasteiger partial charge in [-0.25, -0.2) is 4.98 Å². The molecule has 1 aliphatic rings. The van der Waals surface area contributed by atoms with Gasteiger partial charge in [-0.3, -0.25) is 5.10 Å². The molecular formula is C12H13F3N4S. The highest BCUT2D eigenvalue weighted by Gasteiger charge is 2.34. The molecule has 4 nitrogen and oxygen atoms in total. The number of H-pyrrole nitrogens is 1. The first-order valence-corrected chi connectivity index (χ1v) is 7.13. The van der Waals surface area contributed by atoms with E-state index in [0.29, 0.717) is 35.5 Å². The van der Waals surface area contributed by atoms with Crippen molar-refractivity contribution in [3.8, 4) is 0 Å². The van der Waals surface area contributed by atoms with E-state index in [4.69, 9.17) is 0 Å². The van der Waals surface area contributed by atoms with Gasteiger partial charge in [0, 0.05) is 30.9 Å². The SMILES string of the molecule is FC(F)(F)c1cnc(N2CCC(c3ccn[nH]3)CC2)s1. The summed E-state index contributed by atoms with van der Waals surface area (Å²) in [6.07, 6.45) is 0.121. The molecular weight excluding hydrogens is 289 g/mol. The number of aromatic nitrogens is 3. The molecule has 3 rings (SSSR count). The topological polar surface area (TPSA) is 44.8 Å². The zero-order valence-corrected chi connectivity index (χ0v) is 11.3. The average molecular weight is 302 g/mol. The van der Waals surface area contributed by atoms with Gasteiger partial charge in [0.15, 0.2) is 5.13 Å². The molecule has 0 aliphatic carbocycles. The highest BCUT2D eigenvalue weighted by Crippen LogP contribution is 2.37. The standard InChI is InChI=1S/C12H13F3N4S/c13-12(14,15)10-7-16-11(20-10)19-5-2-8(3-6-19)9-1-4-17-18-9/h1,4,7-8H,2-3,5-6H2,(H,17,18). The molecule has 0 atom stereocenters. The smallest absolute Gasteiger partial charge is 0.348 e. The van der Waals surface area contributed by atoms with Gasteiger partial charge in [-0.1, -0.05) is 11.3 Å². The van der Waals surface area contributed by atoms with Gasteiger partial charge in [-0.15, -0.1) is 0 Å². The van der Waals surface area contributed by atoms with Crippen LogP contribution in [-0.2, 0) is 6.18 Å². The molecule has 1 aliphatic heterocycles. The van der Waals surface area contributed by atoms with E-state index in [2.05, 4.69) is 15.2 Å². The van der Waals surface area contributed by atoms with Crippen molar-refractivity contribution in [3.63, 3.8) is 0 Å². The predicted molar refractivity (Wildman–Crippen MR) is 69.9 cm³/mol. The number of alkyl halides is 3. The van der Waals surface area contributed by atoms with Crippen LogP contribution in [0.25, 0.3) is 0 Å². The zero-order valence-electron chi connectivity index (χ0n) is 10.5. The molecule has 2 aromatic heterocycles. The lowest BCUT2D eigenvalue weighted by atomic mass is 9.94. The Labute approximate surface area is 117 Å². The Morgan fingerprint density at radius 2 is 2.05 bits per heavy atom. The van der Waals surface area contributed by atoms with Gasteiger partial charge in [0.05, 0.1) is 6.20 Å². The van der Waals surface area contributed by atoms with Crippen LogP contribution in [0.3, 0.4) is 0 Å². The van der Waals surface area contributed by atoms with Crippen molar-refractivity contribution in [2.45, 2.75) is 24.9 Å². The third-order valence-electron chi connectivity index (χ3n) is 3.50. The predicted octanol–water partition coefficient (Wildman–Crippen LogP) is 3.27. The second-order valence-electron chi connectivity index (χ2n) is 4.78. The highest BCUT2D eigenvalue weighted by atomic mass is 32.1. The number of halogens is 3. The second-order valence-corrected chi connectivity index (χ2v) is 5.79. The van der Waals surface area contributed by atoms with Gasteiger partial charge in [-0.05, 0) is 18.9 Å². The summed E-state index contributed by atoms with van der Waals surface area (Å²) in [6.45, 7) is 1.43. The number of anilines is 1. The zero-order chi connectivity index (χ0) is 14.2. The molecule has 8 heteroatoms. The molecule has 1 N–H and O–H groups in total. The maximum atomic E-state index is 12.6. The molecule has 1 fully saturated rings. The number of thiazole rings is 1. The third kappa shape index (κ3) is 2.65. The summed E-state index contributed by atoms with van der Waals surface area (Å²) in [6, 6.07) is 1.95. The van der Waals surface area contributed by atoms with E-state index < -0.39 is 11.1 Å². The first kappa shape index (κ1) is 13.4. The van der Waals surface area contributed by atoms with Crippen molar-refractivity contribution in [2.75, 3.05) is 18.0 Å². The largest absolute Gasteiger partial charge is 0.427 e. The molecule has 0 radical (unpaired) electrons. The first-order valence-electron chi connectivity index (χ1n) is 6.31. The van der Waals surface area contributed by atoms with Crippen LogP contribution in [-0.4, -0.2) is 28.3 Å². The maximum absolute atomic E-state index is 12.6. The quantitative estimate of drug-likeness (QED) is 0.926. The van der Waals surface area contributed by atoms with Gasteiger partial charge >= 0.3 is 6.18 Å². The average Bonchev–Trinajstić information content (AvgIpc) is 3.10. The lowest BCUT2D eigenvalue weighted by molar-refractivity contribution is -0.134. The fourth-order valence-corrected chi connectivity index (χ4v) is 3.25. The Kier molecular flexibility index (Phi) is 3.41. The van der Waals surface area contributed by atoms with Gasteiger partial charge in [0.25, 0.3) is 0 Å². The normalized spacial score (nSPS) is 17.6. The maximum Gasteiger partial charge on any atom is 0.427 e. The highest BCUT2D eigenvalue weighted by molar-refractivity contribution is 7.15. The van der Waals surface area contributed by atoms with Crippen LogP contribution < -0.4 is 4.90 Å². The minimum atomic E-state index is -4.30. The second kappa shape index (κ2) is 5.08. The van der Waals surface area contributed by atoms with Crippen molar-refractivity contribution < 1.29 is 13.2 Å². The summed E-state index contributed by atoms with van der Waals surface area (Å²) < 4.78 is 37.7. The number of hydrogen-bond acceptors (Lipinski definition) is 4. The first-order chi connectivity index (χ1) is 9.54. The molecule has 0 saturated carbocycles. The number of nitrogens with one attached hydrogen (secondary N) is 1. The number of piperidine rings is 1. The number of nitrogens with zero attached hydrogens (tertiary/aromatic N) is 3. The Morgan fingerprint density at radius 1 is 1.30 bits per heavy atom. The van der Waals surface area contributed by atoms with E-state index in [9.17, 15) is 13.2 Å². The molecule has 0 bridgehead atoms. The van der Waals surface area contributed by atoms with E-state index in [1.54, 1.807) is 6.20 Å². The Balaban J connectivity index is 1.65. The number of rotatable bonds is 2. The van der Waals surface area contributed by atoms with Crippen LogP contribution in [0.2, 0.25) is 0 Å². The van der Waals surface area contributed by atoms with E-state index in [1.165, 1.54) is 0 Å². The lowest BCUT2D eigenvalue weighted by Gasteiger charge is -2.31. The van der Waals surface area contributed by atoms with Gasteiger partial charge < -0.3 is 4.90 Å². The van der Waals surface area contributed by atoms with Crippen molar-refractivity contribution in [1.82, 2.24) is 15.2 Å². The van der Waals surface area contributed by atoms with Crippen molar-refractivity contribution in [3.05, 3.63) is 29.0 Å². The number of aromatic amines is 1. The summed E-state index contributed by atoms with van der Waals surface area (Å²) in [7, 11) is 0. The van der Waals surface area contributed by atoms with Crippen LogP contribution in [0.4, 0.5) is 18.3 Å². The van der Waals surface area contributed by atoms with Crippen LogP contribution in [0.15, 0.2) is 18.5 Å². The Morgan fingerprint density at radius 3 is 2.60 bits per heavy atom. The fraction of sp³-hybridized carbons (Fsp3) is 0.500. The molecule has 0 aromatic carbocycles. The molecule has 0 unspecified atom stereocenters. The molecule has 0 spiro atoms. The molecule has 108 valence electrons. The summed E-state index contributed by atoms with van der Waals surface area (Å²) in [5.74, 6) is 0.399. The van der Waals surface area contributed by atoms with E-state index in [0.717, 1.165) is 24.7 Å². The molecule has 1 saturated heterocycles. The Hall–Kier alpha value is -1.57. The summed E-state index contributed by atoms with van der Waals surface area (Å²) in [5, 5.41) is 7.34. The number of hydrogen-bond donors (Lipinski definition) is 1. The molecule has 0 amide bonds. The van der Waals surface area contributed by atoms with Crippen molar-refractivity contribution in [1.29, 1.82) is 0 Å². The summed E-state index contributed by atoms with van der Waals surface area (Å²) in [4.78, 5) is 5.19.